The minimum absolute atomic E-state index is 0.844. The lowest BCUT2D eigenvalue weighted by molar-refractivity contribution is 0.256. The average Bonchev–Trinajstić information content (AvgIpc) is 2.49. The molecule has 0 aromatic heterocycles. The van der Waals surface area contributed by atoms with Gasteiger partial charge in [-0.25, -0.2) is 0 Å². The number of hydrogen-bond donors (Lipinski definition) is 1. The number of nitrogens with two attached hydrogens (primary N) is 1. The van der Waals surface area contributed by atoms with E-state index in [1.807, 2.05) is 0 Å². The van der Waals surface area contributed by atoms with Crippen molar-refractivity contribution in [3.8, 4) is 0 Å². The Bertz CT molecular complexity index is 134. The van der Waals surface area contributed by atoms with Gasteiger partial charge >= 0.3 is 0 Å². The third kappa shape index (κ3) is 22.3. The quantitative estimate of drug-likeness (QED) is 0.423. The van der Waals surface area contributed by atoms with Crippen molar-refractivity contribution in [2.45, 2.75) is 98.3 Å². The standard InChI is InChI=1S/C15H33N.C4H11N/c1-4-7-10-13-16(14-11-8-5-2)15-12-9-6-3;1-2-3-4-5/h4-15H2,1-3H3;2-5H2,1H3. The Labute approximate surface area is 135 Å². The van der Waals surface area contributed by atoms with Crippen LogP contribution in [0.1, 0.15) is 98.3 Å². The van der Waals surface area contributed by atoms with Gasteiger partial charge in [-0.05, 0) is 51.9 Å². The molecule has 21 heavy (non-hydrogen) atoms. The van der Waals surface area contributed by atoms with Crippen molar-refractivity contribution in [3.05, 3.63) is 0 Å². The minimum Gasteiger partial charge on any atom is -0.330 e. The second-order valence-corrected chi connectivity index (χ2v) is 6.11. The summed E-state index contributed by atoms with van der Waals surface area (Å²) in [7, 11) is 0. The average molecular weight is 301 g/mol. The van der Waals surface area contributed by atoms with E-state index in [9.17, 15) is 0 Å². The van der Waals surface area contributed by atoms with Gasteiger partial charge in [-0.3, -0.25) is 0 Å². The SMILES string of the molecule is CCCCCN(CCCCC)CCCCC.CCCCN. The van der Waals surface area contributed by atoms with Crippen molar-refractivity contribution in [2.75, 3.05) is 26.2 Å². The number of rotatable bonds is 14. The van der Waals surface area contributed by atoms with Crippen LogP contribution >= 0.6 is 0 Å². The van der Waals surface area contributed by atoms with Gasteiger partial charge in [-0.15, -0.1) is 0 Å². The maximum absolute atomic E-state index is 5.14. The van der Waals surface area contributed by atoms with Gasteiger partial charge in [0.1, 0.15) is 0 Å². The molecule has 0 spiro atoms. The van der Waals surface area contributed by atoms with Crippen molar-refractivity contribution in [1.82, 2.24) is 4.90 Å². The number of hydrogen-bond acceptors (Lipinski definition) is 2. The Morgan fingerprint density at radius 3 is 1.05 bits per heavy atom. The van der Waals surface area contributed by atoms with E-state index in [-0.39, 0.29) is 0 Å². The van der Waals surface area contributed by atoms with E-state index >= 15 is 0 Å². The summed E-state index contributed by atoms with van der Waals surface area (Å²) in [6.07, 6.45) is 14.8. The van der Waals surface area contributed by atoms with Gasteiger partial charge in [0.05, 0.1) is 0 Å². The highest BCUT2D eigenvalue weighted by Gasteiger charge is 2.03. The van der Waals surface area contributed by atoms with Crippen molar-refractivity contribution < 1.29 is 0 Å². The van der Waals surface area contributed by atoms with Crippen LogP contribution in [0.3, 0.4) is 0 Å². The molecule has 0 amide bonds. The molecule has 2 nitrogen and oxygen atoms in total. The Hall–Kier alpha value is -0.0800. The second kappa shape index (κ2) is 22.2. The Morgan fingerprint density at radius 2 is 0.857 bits per heavy atom. The van der Waals surface area contributed by atoms with Gasteiger partial charge in [0.15, 0.2) is 0 Å². The first-order valence-electron chi connectivity index (χ1n) is 9.69. The zero-order chi connectivity index (χ0) is 16.2. The summed E-state index contributed by atoms with van der Waals surface area (Å²) in [5, 5.41) is 0. The highest BCUT2D eigenvalue weighted by Crippen LogP contribution is 2.05. The summed E-state index contributed by atoms with van der Waals surface area (Å²) >= 11 is 0. The molecule has 0 radical (unpaired) electrons. The zero-order valence-corrected chi connectivity index (χ0v) is 15.6. The molecule has 0 bridgehead atoms. The van der Waals surface area contributed by atoms with Gasteiger partial charge in [-0.2, -0.15) is 0 Å². The predicted molar refractivity (Wildman–Crippen MR) is 99.0 cm³/mol. The highest BCUT2D eigenvalue weighted by molar-refractivity contribution is 4.58. The molecule has 2 heteroatoms. The molecule has 0 aliphatic carbocycles. The minimum atomic E-state index is 0.844. The first-order chi connectivity index (χ1) is 10.3. The molecular weight excluding hydrogens is 256 g/mol. The third-order valence-corrected chi connectivity index (χ3v) is 3.79. The first kappa shape index (κ1) is 23.2. The van der Waals surface area contributed by atoms with Gasteiger partial charge < -0.3 is 10.6 Å². The van der Waals surface area contributed by atoms with Crippen LogP contribution in [0.25, 0.3) is 0 Å². The number of nitrogens with zero attached hydrogens (tertiary/aromatic N) is 1. The van der Waals surface area contributed by atoms with Crippen LogP contribution < -0.4 is 5.73 Å². The lowest BCUT2D eigenvalue weighted by Crippen LogP contribution is -2.27. The van der Waals surface area contributed by atoms with Crippen LogP contribution in [0, 0.1) is 0 Å². The molecule has 0 atom stereocenters. The molecule has 130 valence electrons. The smallest absolute Gasteiger partial charge is 0.00187 e. The van der Waals surface area contributed by atoms with E-state index in [0.29, 0.717) is 0 Å². The van der Waals surface area contributed by atoms with Crippen molar-refractivity contribution in [3.63, 3.8) is 0 Å². The normalized spacial score (nSPS) is 10.6. The molecule has 0 rings (SSSR count). The van der Waals surface area contributed by atoms with Crippen LogP contribution in [-0.2, 0) is 0 Å². The second-order valence-electron chi connectivity index (χ2n) is 6.11. The van der Waals surface area contributed by atoms with Gasteiger partial charge in [0, 0.05) is 0 Å². The lowest BCUT2D eigenvalue weighted by Gasteiger charge is -2.22. The molecule has 0 unspecified atom stereocenters. The molecule has 0 aliphatic heterocycles. The molecule has 0 fully saturated rings. The summed E-state index contributed by atoms with van der Waals surface area (Å²) in [4.78, 5) is 2.70. The molecule has 0 saturated carbocycles. The number of unbranched alkanes of at least 4 members (excludes halogenated alkanes) is 7. The van der Waals surface area contributed by atoms with E-state index in [1.54, 1.807) is 0 Å². The first-order valence-corrected chi connectivity index (χ1v) is 9.69. The predicted octanol–water partition coefficient (Wildman–Crippen LogP) is 5.60. The zero-order valence-electron chi connectivity index (χ0n) is 15.6. The monoisotopic (exact) mass is 300 g/mol. The largest absolute Gasteiger partial charge is 0.330 e. The van der Waals surface area contributed by atoms with E-state index in [2.05, 4.69) is 32.6 Å². The Kier molecular flexibility index (Phi) is 24.5. The Morgan fingerprint density at radius 1 is 0.524 bits per heavy atom. The fourth-order valence-corrected chi connectivity index (χ4v) is 2.30. The van der Waals surface area contributed by atoms with E-state index in [1.165, 1.54) is 90.3 Å². The molecular formula is C19H44N2. The highest BCUT2D eigenvalue weighted by atomic mass is 15.1. The lowest BCUT2D eigenvalue weighted by atomic mass is 10.2. The topological polar surface area (TPSA) is 29.3 Å². The fraction of sp³-hybridized carbons (Fsp3) is 1.00. The third-order valence-electron chi connectivity index (χ3n) is 3.79. The summed E-state index contributed by atoms with van der Waals surface area (Å²) in [5.74, 6) is 0. The van der Waals surface area contributed by atoms with Crippen molar-refractivity contribution in [1.29, 1.82) is 0 Å². The Balaban J connectivity index is 0. The maximum atomic E-state index is 5.14. The maximum Gasteiger partial charge on any atom is -0.00187 e. The molecule has 0 aromatic carbocycles. The van der Waals surface area contributed by atoms with Gasteiger partial charge in [0.25, 0.3) is 0 Å². The summed E-state index contributed by atoms with van der Waals surface area (Å²) in [6, 6.07) is 0. The van der Waals surface area contributed by atoms with Gasteiger partial charge in [-0.1, -0.05) is 72.6 Å². The molecule has 2 N–H and O–H groups in total. The molecule has 0 aromatic rings. The van der Waals surface area contributed by atoms with E-state index in [0.717, 1.165) is 6.54 Å². The van der Waals surface area contributed by atoms with Crippen LogP contribution in [0.2, 0.25) is 0 Å². The van der Waals surface area contributed by atoms with Crippen LogP contribution in [0.5, 0.6) is 0 Å². The summed E-state index contributed by atoms with van der Waals surface area (Å²) in [5.41, 5.74) is 5.14. The van der Waals surface area contributed by atoms with Gasteiger partial charge in [0.2, 0.25) is 0 Å². The van der Waals surface area contributed by atoms with E-state index < -0.39 is 0 Å². The molecule has 0 aliphatic rings. The fourth-order valence-electron chi connectivity index (χ4n) is 2.30. The van der Waals surface area contributed by atoms with Crippen LogP contribution in [0.4, 0.5) is 0 Å². The molecule has 0 heterocycles. The van der Waals surface area contributed by atoms with Crippen molar-refractivity contribution in [2.24, 2.45) is 5.73 Å². The van der Waals surface area contributed by atoms with Crippen molar-refractivity contribution >= 4 is 0 Å². The summed E-state index contributed by atoms with van der Waals surface area (Å²) < 4.78 is 0. The van der Waals surface area contributed by atoms with E-state index in [4.69, 9.17) is 5.73 Å². The molecule has 0 saturated heterocycles. The summed E-state index contributed by atoms with van der Waals surface area (Å²) in [6.45, 7) is 13.8. The van der Waals surface area contributed by atoms with Crippen LogP contribution in [-0.4, -0.2) is 31.1 Å². The van der Waals surface area contributed by atoms with Crippen LogP contribution in [0.15, 0.2) is 0 Å².